The van der Waals surface area contributed by atoms with Gasteiger partial charge in [-0.25, -0.2) is 4.98 Å². The highest BCUT2D eigenvalue weighted by atomic mass is 32.1. The number of hydrogen-bond acceptors (Lipinski definition) is 5. The lowest BCUT2D eigenvalue weighted by Crippen LogP contribution is -2.39. The molecule has 1 aliphatic heterocycles. The monoisotopic (exact) mass is 291 g/mol. The molecule has 20 heavy (non-hydrogen) atoms. The molecule has 0 aromatic carbocycles. The van der Waals surface area contributed by atoms with Crippen molar-refractivity contribution in [2.45, 2.75) is 38.6 Å². The Bertz CT molecular complexity index is 579. The average molecular weight is 291 g/mol. The number of aromatic nitrogens is 2. The Balaban J connectivity index is 1.74. The zero-order chi connectivity index (χ0) is 13.9. The van der Waals surface area contributed by atoms with Crippen LogP contribution in [0.5, 0.6) is 0 Å². The van der Waals surface area contributed by atoms with Crippen LogP contribution in [-0.4, -0.2) is 27.5 Å². The van der Waals surface area contributed by atoms with Crippen LogP contribution < -0.4 is 0 Å². The zero-order valence-corrected chi connectivity index (χ0v) is 12.2. The van der Waals surface area contributed by atoms with Crippen molar-refractivity contribution in [3.63, 3.8) is 0 Å². The molecule has 106 valence electrons. The van der Waals surface area contributed by atoms with Gasteiger partial charge in [0, 0.05) is 24.2 Å². The maximum atomic E-state index is 12.5. The van der Waals surface area contributed by atoms with Crippen molar-refractivity contribution in [3.8, 4) is 0 Å². The van der Waals surface area contributed by atoms with E-state index >= 15 is 0 Å². The molecule has 1 saturated heterocycles. The Morgan fingerprint density at radius 3 is 3.15 bits per heavy atom. The maximum absolute atomic E-state index is 12.5. The lowest BCUT2D eigenvalue weighted by molar-refractivity contribution is -0.134. The molecule has 0 spiro atoms. The summed E-state index contributed by atoms with van der Waals surface area (Å²) in [5.74, 6) is 0.848. The number of piperidine rings is 1. The molecule has 2 aromatic rings. The zero-order valence-electron chi connectivity index (χ0n) is 11.4. The molecule has 0 N–H and O–H groups in total. The van der Waals surface area contributed by atoms with Crippen molar-refractivity contribution in [2.24, 2.45) is 0 Å². The van der Waals surface area contributed by atoms with Gasteiger partial charge in [-0.2, -0.15) is 0 Å². The van der Waals surface area contributed by atoms with E-state index in [0.29, 0.717) is 12.1 Å². The van der Waals surface area contributed by atoms with Crippen LogP contribution in [0.2, 0.25) is 0 Å². The number of likely N-dealkylation sites (tertiary alicyclic amines) is 1. The minimum absolute atomic E-state index is 0.109. The molecule has 0 radical (unpaired) electrons. The topological polar surface area (TPSA) is 59.2 Å². The summed E-state index contributed by atoms with van der Waals surface area (Å²) in [4.78, 5) is 18.8. The van der Waals surface area contributed by atoms with Gasteiger partial charge in [0.1, 0.15) is 10.8 Å². The summed E-state index contributed by atoms with van der Waals surface area (Å²) < 4.78 is 5.02. The molecule has 1 aliphatic rings. The molecule has 2 aromatic heterocycles. The van der Waals surface area contributed by atoms with Crippen LogP contribution in [0.15, 0.2) is 22.2 Å². The second kappa shape index (κ2) is 5.75. The van der Waals surface area contributed by atoms with Gasteiger partial charge in [0.2, 0.25) is 5.91 Å². The second-order valence-corrected chi connectivity index (χ2v) is 6.00. The maximum Gasteiger partial charge on any atom is 0.229 e. The molecule has 1 amide bonds. The van der Waals surface area contributed by atoms with Crippen LogP contribution in [-0.2, 0) is 11.2 Å². The molecule has 6 heteroatoms. The molecule has 1 fully saturated rings. The molecular weight excluding hydrogens is 274 g/mol. The third kappa shape index (κ3) is 2.75. The van der Waals surface area contributed by atoms with Gasteiger partial charge in [-0.1, -0.05) is 5.16 Å². The Morgan fingerprint density at radius 2 is 2.45 bits per heavy atom. The number of aryl methyl sites for hydroxylation is 1. The van der Waals surface area contributed by atoms with E-state index in [1.165, 1.54) is 0 Å². The van der Waals surface area contributed by atoms with E-state index in [2.05, 4.69) is 10.1 Å². The number of hydrogen-bond donors (Lipinski definition) is 0. The van der Waals surface area contributed by atoms with Crippen molar-refractivity contribution in [1.82, 2.24) is 15.0 Å². The van der Waals surface area contributed by atoms with E-state index in [4.69, 9.17) is 4.52 Å². The van der Waals surface area contributed by atoms with Gasteiger partial charge < -0.3 is 9.42 Å². The SMILES string of the molecule is Cc1cc(CC(=O)N2CCCC[C@@H]2c2nccs2)no1. The van der Waals surface area contributed by atoms with Gasteiger partial charge in [0.15, 0.2) is 0 Å². The Morgan fingerprint density at radius 1 is 1.55 bits per heavy atom. The Kier molecular flexibility index (Phi) is 3.82. The van der Waals surface area contributed by atoms with E-state index < -0.39 is 0 Å². The quantitative estimate of drug-likeness (QED) is 0.872. The van der Waals surface area contributed by atoms with Crippen LogP contribution in [0.4, 0.5) is 0 Å². The van der Waals surface area contributed by atoms with Crippen molar-refractivity contribution in [2.75, 3.05) is 6.54 Å². The second-order valence-electron chi connectivity index (χ2n) is 5.07. The summed E-state index contributed by atoms with van der Waals surface area (Å²) in [7, 11) is 0. The van der Waals surface area contributed by atoms with E-state index in [1.807, 2.05) is 23.3 Å². The first kappa shape index (κ1) is 13.3. The van der Waals surface area contributed by atoms with Gasteiger partial charge in [-0.3, -0.25) is 4.79 Å². The first-order chi connectivity index (χ1) is 9.74. The lowest BCUT2D eigenvalue weighted by atomic mass is 10.0. The van der Waals surface area contributed by atoms with Crippen LogP contribution in [0, 0.1) is 6.92 Å². The summed E-state index contributed by atoms with van der Waals surface area (Å²) in [6.45, 7) is 2.64. The Labute approximate surface area is 121 Å². The highest BCUT2D eigenvalue weighted by Gasteiger charge is 2.29. The predicted octanol–water partition coefficient (Wildman–Crippen LogP) is 2.74. The smallest absolute Gasteiger partial charge is 0.229 e. The number of nitrogens with zero attached hydrogens (tertiary/aromatic N) is 3. The molecule has 0 unspecified atom stereocenters. The minimum Gasteiger partial charge on any atom is -0.361 e. The molecule has 5 nitrogen and oxygen atoms in total. The third-order valence-electron chi connectivity index (χ3n) is 3.57. The summed E-state index contributed by atoms with van der Waals surface area (Å²) in [6, 6.07) is 1.95. The Hall–Kier alpha value is -1.69. The highest BCUT2D eigenvalue weighted by Crippen LogP contribution is 2.32. The van der Waals surface area contributed by atoms with Crippen LogP contribution in [0.1, 0.15) is 41.8 Å². The largest absolute Gasteiger partial charge is 0.361 e. The summed E-state index contributed by atoms with van der Waals surface area (Å²) >= 11 is 1.62. The number of amides is 1. The first-order valence-corrected chi connectivity index (χ1v) is 7.73. The molecule has 0 bridgehead atoms. The van der Waals surface area contributed by atoms with Crippen LogP contribution in [0.3, 0.4) is 0 Å². The number of carbonyl (C=O) groups excluding carboxylic acids is 1. The van der Waals surface area contributed by atoms with Gasteiger partial charge >= 0.3 is 0 Å². The van der Waals surface area contributed by atoms with Gasteiger partial charge in [-0.05, 0) is 26.2 Å². The number of carbonyl (C=O) groups is 1. The van der Waals surface area contributed by atoms with E-state index in [0.717, 1.165) is 36.6 Å². The van der Waals surface area contributed by atoms with Gasteiger partial charge in [0.05, 0.1) is 18.2 Å². The molecule has 3 heterocycles. The van der Waals surface area contributed by atoms with Crippen molar-refractivity contribution < 1.29 is 9.32 Å². The standard InChI is InChI=1S/C14H17N3O2S/c1-10-8-11(16-19-10)9-13(18)17-6-3-2-4-12(17)14-15-5-7-20-14/h5,7-8,12H,2-4,6,9H2,1H3/t12-/m1/s1. The minimum atomic E-state index is 0.109. The van der Waals surface area contributed by atoms with Gasteiger partial charge in [0.25, 0.3) is 0 Å². The first-order valence-electron chi connectivity index (χ1n) is 6.85. The average Bonchev–Trinajstić information content (AvgIpc) is 3.10. The normalized spacial score (nSPS) is 19.2. The fourth-order valence-electron chi connectivity index (χ4n) is 2.64. The summed E-state index contributed by atoms with van der Waals surface area (Å²) in [5.41, 5.74) is 0.705. The van der Waals surface area contributed by atoms with Gasteiger partial charge in [-0.15, -0.1) is 11.3 Å². The van der Waals surface area contributed by atoms with E-state index in [-0.39, 0.29) is 11.9 Å². The number of rotatable bonds is 3. The van der Waals surface area contributed by atoms with Crippen LogP contribution >= 0.6 is 11.3 Å². The number of thiazole rings is 1. The van der Waals surface area contributed by atoms with Crippen molar-refractivity contribution in [3.05, 3.63) is 34.1 Å². The molecular formula is C14H17N3O2S. The van der Waals surface area contributed by atoms with E-state index in [9.17, 15) is 4.79 Å². The highest BCUT2D eigenvalue weighted by molar-refractivity contribution is 7.09. The summed E-state index contributed by atoms with van der Waals surface area (Å²) in [6.07, 6.45) is 5.32. The van der Waals surface area contributed by atoms with E-state index in [1.54, 1.807) is 17.5 Å². The fraction of sp³-hybridized carbons (Fsp3) is 0.500. The molecule has 3 rings (SSSR count). The molecule has 0 saturated carbocycles. The van der Waals surface area contributed by atoms with Crippen molar-refractivity contribution >= 4 is 17.2 Å². The summed E-state index contributed by atoms with van der Waals surface area (Å²) in [5, 5.41) is 6.91. The molecule has 1 atom stereocenters. The lowest BCUT2D eigenvalue weighted by Gasteiger charge is -2.34. The molecule has 0 aliphatic carbocycles. The fourth-order valence-corrected chi connectivity index (χ4v) is 3.43. The van der Waals surface area contributed by atoms with Crippen molar-refractivity contribution in [1.29, 1.82) is 0 Å². The van der Waals surface area contributed by atoms with Crippen LogP contribution in [0.25, 0.3) is 0 Å². The third-order valence-corrected chi connectivity index (χ3v) is 4.45. The predicted molar refractivity (Wildman–Crippen MR) is 75.4 cm³/mol.